The maximum atomic E-state index is 11.3. The number of nitrogens with one attached hydrogen (secondary N) is 1. The zero-order valence-electron chi connectivity index (χ0n) is 15.2. The lowest BCUT2D eigenvalue weighted by Gasteiger charge is -2.14. The fourth-order valence-electron chi connectivity index (χ4n) is 2.56. The molecule has 0 heterocycles. The molecule has 3 rings (SSSR count). The first-order chi connectivity index (χ1) is 14.0. The van der Waals surface area contributed by atoms with Crippen molar-refractivity contribution in [1.82, 2.24) is 0 Å². The van der Waals surface area contributed by atoms with E-state index in [9.17, 15) is 20.2 Å². The fraction of sp³-hybridized carbons (Fsp3) is 0.100. The van der Waals surface area contributed by atoms with Crippen molar-refractivity contribution in [2.75, 3.05) is 18.5 Å². The van der Waals surface area contributed by atoms with Crippen molar-refractivity contribution >= 4 is 22.7 Å². The summed E-state index contributed by atoms with van der Waals surface area (Å²) in [5.41, 5.74) is -0.146. The highest BCUT2D eigenvalue weighted by molar-refractivity contribution is 5.74. The van der Waals surface area contributed by atoms with Gasteiger partial charge in [0.15, 0.2) is 0 Å². The van der Waals surface area contributed by atoms with Crippen LogP contribution < -0.4 is 14.8 Å². The summed E-state index contributed by atoms with van der Waals surface area (Å²) in [5.74, 6) is 1.20. The molecule has 9 nitrogen and oxygen atoms in total. The molecule has 148 valence electrons. The van der Waals surface area contributed by atoms with Crippen LogP contribution >= 0.6 is 0 Å². The SMILES string of the molecule is O=[N+]([O-])c1ccc(Nc2ccccc2OCCOc2ccccc2)c([N+](=O)[O-])c1. The number of hydrogen-bond donors (Lipinski definition) is 1. The molecule has 0 aliphatic heterocycles. The number of anilines is 2. The van der Waals surface area contributed by atoms with Crippen molar-refractivity contribution in [3.05, 3.63) is 93.0 Å². The van der Waals surface area contributed by atoms with E-state index in [0.717, 1.165) is 11.8 Å². The van der Waals surface area contributed by atoms with E-state index in [2.05, 4.69) is 5.32 Å². The first-order valence-corrected chi connectivity index (χ1v) is 8.64. The van der Waals surface area contributed by atoms with Crippen LogP contribution in [0, 0.1) is 20.2 Å². The molecule has 0 saturated carbocycles. The summed E-state index contributed by atoms with van der Waals surface area (Å²) in [6, 6.07) is 19.6. The molecule has 0 fully saturated rings. The summed E-state index contributed by atoms with van der Waals surface area (Å²) >= 11 is 0. The van der Waals surface area contributed by atoms with Gasteiger partial charge in [-0.15, -0.1) is 0 Å². The average Bonchev–Trinajstić information content (AvgIpc) is 2.73. The molecule has 0 radical (unpaired) electrons. The van der Waals surface area contributed by atoms with Gasteiger partial charge in [0.1, 0.15) is 30.4 Å². The highest BCUT2D eigenvalue weighted by Gasteiger charge is 2.20. The van der Waals surface area contributed by atoms with Crippen LogP contribution in [0.2, 0.25) is 0 Å². The van der Waals surface area contributed by atoms with Crippen molar-refractivity contribution in [1.29, 1.82) is 0 Å². The van der Waals surface area contributed by atoms with E-state index in [-0.39, 0.29) is 18.0 Å². The summed E-state index contributed by atoms with van der Waals surface area (Å²) in [6.45, 7) is 0.575. The van der Waals surface area contributed by atoms with Crippen molar-refractivity contribution in [2.24, 2.45) is 0 Å². The molecule has 0 bridgehead atoms. The Bertz CT molecular complexity index is 1010. The zero-order chi connectivity index (χ0) is 20.6. The van der Waals surface area contributed by atoms with Gasteiger partial charge in [-0.05, 0) is 30.3 Å². The fourth-order valence-corrected chi connectivity index (χ4v) is 2.56. The van der Waals surface area contributed by atoms with Gasteiger partial charge in [0, 0.05) is 6.07 Å². The maximum absolute atomic E-state index is 11.3. The molecule has 0 atom stereocenters. The van der Waals surface area contributed by atoms with E-state index in [1.807, 2.05) is 30.3 Å². The lowest BCUT2D eigenvalue weighted by atomic mass is 10.2. The third-order valence-corrected chi connectivity index (χ3v) is 3.90. The minimum absolute atomic E-state index is 0.122. The number of benzene rings is 3. The molecule has 0 amide bonds. The number of ether oxygens (including phenoxy) is 2. The molecule has 1 N–H and O–H groups in total. The van der Waals surface area contributed by atoms with Crippen LogP contribution in [0.15, 0.2) is 72.8 Å². The summed E-state index contributed by atoms with van der Waals surface area (Å²) < 4.78 is 11.3. The van der Waals surface area contributed by atoms with Crippen molar-refractivity contribution in [3.8, 4) is 11.5 Å². The molecule has 0 aliphatic carbocycles. The van der Waals surface area contributed by atoms with Gasteiger partial charge >= 0.3 is 0 Å². The molecule has 0 spiro atoms. The third kappa shape index (κ3) is 5.19. The van der Waals surface area contributed by atoms with Crippen molar-refractivity contribution < 1.29 is 19.3 Å². The Kier molecular flexibility index (Phi) is 6.21. The van der Waals surface area contributed by atoms with Gasteiger partial charge in [-0.1, -0.05) is 30.3 Å². The Morgan fingerprint density at radius 2 is 1.45 bits per heavy atom. The Morgan fingerprint density at radius 1 is 0.759 bits per heavy atom. The van der Waals surface area contributed by atoms with Gasteiger partial charge in [-0.2, -0.15) is 0 Å². The van der Waals surface area contributed by atoms with E-state index >= 15 is 0 Å². The van der Waals surface area contributed by atoms with Crippen LogP contribution in [0.25, 0.3) is 0 Å². The Hall–Kier alpha value is -4.14. The molecule has 0 unspecified atom stereocenters. The molecule has 0 saturated heterocycles. The number of hydrogen-bond acceptors (Lipinski definition) is 7. The summed E-state index contributed by atoms with van der Waals surface area (Å²) in [5, 5.41) is 25.1. The van der Waals surface area contributed by atoms with Crippen LogP contribution in [0.1, 0.15) is 0 Å². The number of nitro benzene ring substituents is 2. The maximum Gasteiger partial charge on any atom is 0.299 e. The van der Waals surface area contributed by atoms with Crippen molar-refractivity contribution in [2.45, 2.75) is 0 Å². The van der Waals surface area contributed by atoms with E-state index in [4.69, 9.17) is 9.47 Å². The van der Waals surface area contributed by atoms with Crippen LogP contribution in [0.3, 0.4) is 0 Å². The highest BCUT2D eigenvalue weighted by Crippen LogP contribution is 2.34. The molecule has 9 heteroatoms. The number of non-ortho nitro benzene ring substituents is 1. The standard InChI is InChI=1S/C20H17N3O6/c24-22(25)15-10-11-17(19(14-15)23(26)27)21-18-8-4-5-9-20(18)29-13-12-28-16-6-2-1-3-7-16/h1-11,14,21H,12-13H2. The molecule has 3 aromatic carbocycles. The Balaban J connectivity index is 1.70. The van der Waals surface area contributed by atoms with Gasteiger partial charge < -0.3 is 14.8 Å². The van der Waals surface area contributed by atoms with Gasteiger partial charge in [-0.25, -0.2) is 0 Å². The Morgan fingerprint density at radius 3 is 2.17 bits per heavy atom. The topological polar surface area (TPSA) is 117 Å². The number of para-hydroxylation sites is 3. The first-order valence-electron chi connectivity index (χ1n) is 8.64. The minimum Gasteiger partial charge on any atom is -0.490 e. The summed E-state index contributed by atoms with van der Waals surface area (Å²) in [7, 11) is 0. The zero-order valence-corrected chi connectivity index (χ0v) is 15.2. The summed E-state index contributed by atoms with van der Waals surface area (Å²) in [4.78, 5) is 20.8. The van der Waals surface area contributed by atoms with E-state index in [0.29, 0.717) is 18.0 Å². The first kappa shape index (κ1) is 19.6. The highest BCUT2D eigenvalue weighted by atomic mass is 16.6. The molecule has 3 aromatic rings. The van der Waals surface area contributed by atoms with Crippen LogP contribution in [-0.2, 0) is 0 Å². The monoisotopic (exact) mass is 395 g/mol. The molecule has 29 heavy (non-hydrogen) atoms. The quantitative estimate of drug-likeness (QED) is 0.317. The van der Waals surface area contributed by atoms with Gasteiger partial charge in [0.05, 0.1) is 21.6 Å². The van der Waals surface area contributed by atoms with E-state index < -0.39 is 15.5 Å². The lowest BCUT2D eigenvalue weighted by molar-refractivity contribution is -0.393. The second-order valence-corrected chi connectivity index (χ2v) is 5.85. The second kappa shape index (κ2) is 9.18. The average molecular weight is 395 g/mol. The van der Waals surface area contributed by atoms with Gasteiger partial charge in [0.25, 0.3) is 11.4 Å². The molecular weight excluding hydrogens is 378 g/mol. The minimum atomic E-state index is -0.680. The Labute approximate surface area is 165 Å². The van der Waals surface area contributed by atoms with Crippen LogP contribution in [0.4, 0.5) is 22.7 Å². The third-order valence-electron chi connectivity index (χ3n) is 3.90. The van der Waals surface area contributed by atoms with Crippen molar-refractivity contribution in [3.63, 3.8) is 0 Å². The number of nitro groups is 2. The smallest absolute Gasteiger partial charge is 0.299 e. The van der Waals surface area contributed by atoms with Crippen LogP contribution in [-0.4, -0.2) is 23.1 Å². The van der Waals surface area contributed by atoms with E-state index in [1.54, 1.807) is 24.3 Å². The number of nitrogens with zero attached hydrogens (tertiary/aromatic N) is 2. The number of rotatable bonds is 9. The van der Waals surface area contributed by atoms with E-state index in [1.165, 1.54) is 12.1 Å². The molecule has 0 aromatic heterocycles. The largest absolute Gasteiger partial charge is 0.490 e. The van der Waals surface area contributed by atoms with Crippen LogP contribution in [0.5, 0.6) is 11.5 Å². The molecule has 0 aliphatic rings. The predicted molar refractivity (Wildman–Crippen MR) is 107 cm³/mol. The second-order valence-electron chi connectivity index (χ2n) is 5.85. The lowest BCUT2D eigenvalue weighted by Crippen LogP contribution is -2.10. The normalized spacial score (nSPS) is 10.2. The molecular formula is C20H17N3O6. The van der Waals surface area contributed by atoms with Gasteiger partial charge in [0.2, 0.25) is 0 Å². The van der Waals surface area contributed by atoms with Gasteiger partial charge in [-0.3, -0.25) is 20.2 Å². The summed E-state index contributed by atoms with van der Waals surface area (Å²) in [6.07, 6.45) is 0. The predicted octanol–water partition coefficient (Wildman–Crippen LogP) is 4.70.